The molecule has 9 rings (SSSR count). The predicted molar refractivity (Wildman–Crippen MR) is 292 cm³/mol. The molecule has 4 N–H and O–H groups in total. The molecular formula is C62H88N6O4. The van der Waals surface area contributed by atoms with Gasteiger partial charge in [0.1, 0.15) is 11.5 Å². The summed E-state index contributed by atoms with van der Waals surface area (Å²) in [5, 5.41) is 27.9. The summed E-state index contributed by atoms with van der Waals surface area (Å²) in [6, 6.07) is 38.0. The van der Waals surface area contributed by atoms with Crippen LogP contribution < -0.4 is 10.6 Å². The zero-order valence-electron chi connectivity index (χ0n) is 44.3. The van der Waals surface area contributed by atoms with Crippen LogP contribution in [0.25, 0.3) is 0 Å². The highest BCUT2D eigenvalue weighted by Crippen LogP contribution is 2.52. The van der Waals surface area contributed by atoms with Crippen LogP contribution in [0.5, 0.6) is 11.5 Å². The fourth-order valence-electron chi connectivity index (χ4n) is 14.3. The van der Waals surface area contributed by atoms with E-state index in [1.54, 1.807) is 12.1 Å². The van der Waals surface area contributed by atoms with Crippen molar-refractivity contribution in [3.8, 4) is 11.5 Å². The molecule has 5 aliphatic rings. The Morgan fingerprint density at radius 1 is 0.583 bits per heavy atom. The number of fused-ring (bicyclic) bond motifs is 4. The van der Waals surface area contributed by atoms with Gasteiger partial charge in [0.15, 0.2) is 0 Å². The minimum absolute atomic E-state index is 0.0605. The SMILES string of the molecule is CC1CN(CCCc2ccccc2)C2CCCC1(c1cccc(O)c1)[C@H]2NC(=O)CCCN(C)C.CC1CN(CCCc2ccccc2)C2CCCC1(c1cccc(O)c1)[C@H]2NC(=O)CCN1CCCCC1. The molecule has 3 heterocycles. The molecule has 0 spiro atoms. The average Bonchev–Trinajstić information content (AvgIpc) is 3.37. The van der Waals surface area contributed by atoms with Gasteiger partial charge in [0.05, 0.1) is 12.1 Å². The molecule has 0 aromatic heterocycles. The third-order valence-electron chi connectivity index (χ3n) is 17.8. The molecule has 10 heteroatoms. The van der Waals surface area contributed by atoms with Crippen LogP contribution in [0.4, 0.5) is 0 Å². The van der Waals surface area contributed by atoms with E-state index in [4.69, 9.17) is 0 Å². The molecule has 390 valence electrons. The summed E-state index contributed by atoms with van der Waals surface area (Å²) in [4.78, 5) is 36.5. The number of phenols is 2. The van der Waals surface area contributed by atoms with E-state index in [-0.39, 0.29) is 34.7 Å². The summed E-state index contributed by atoms with van der Waals surface area (Å²) in [7, 11) is 4.10. The van der Waals surface area contributed by atoms with E-state index in [9.17, 15) is 19.8 Å². The molecule has 2 amide bonds. The predicted octanol–water partition coefficient (Wildman–Crippen LogP) is 9.72. The van der Waals surface area contributed by atoms with Gasteiger partial charge in [-0.3, -0.25) is 19.4 Å². The number of aromatic hydroxyl groups is 2. The van der Waals surface area contributed by atoms with E-state index in [1.807, 2.05) is 24.3 Å². The molecule has 5 fully saturated rings. The summed E-state index contributed by atoms with van der Waals surface area (Å²) in [6.07, 6.45) is 16.9. The molecule has 4 bridgehead atoms. The number of nitrogens with one attached hydrogen (secondary N) is 2. The summed E-state index contributed by atoms with van der Waals surface area (Å²) in [5.74, 6) is 1.74. The average molecular weight is 981 g/mol. The first-order valence-electron chi connectivity index (χ1n) is 28.1. The van der Waals surface area contributed by atoms with Crippen LogP contribution in [0.1, 0.15) is 126 Å². The minimum Gasteiger partial charge on any atom is -0.508 e. The van der Waals surface area contributed by atoms with Gasteiger partial charge in [-0.1, -0.05) is 118 Å². The molecule has 0 radical (unpaired) electrons. The monoisotopic (exact) mass is 981 g/mol. The Morgan fingerprint density at radius 3 is 1.51 bits per heavy atom. The van der Waals surface area contributed by atoms with Crippen molar-refractivity contribution in [2.75, 3.05) is 66.5 Å². The lowest BCUT2D eigenvalue weighted by Gasteiger charge is -2.60. The summed E-state index contributed by atoms with van der Waals surface area (Å²) in [6.45, 7) is 12.9. The first-order valence-corrected chi connectivity index (χ1v) is 28.1. The number of piperidine rings is 3. The van der Waals surface area contributed by atoms with Crippen LogP contribution in [0.3, 0.4) is 0 Å². The highest BCUT2D eigenvalue weighted by atomic mass is 16.3. The van der Waals surface area contributed by atoms with Gasteiger partial charge in [-0.2, -0.15) is 0 Å². The van der Waals surface area contributed by atoms with E-state index in [2.05, 4.69) is 131 Å². The van der Waals surface area contributed by atoms with Crippen LogP contribution in [-0.2, 0) is 33.3 Å². The lowest BCUT2D eigenvalue weighted by molar-refractivity contribution is -0.126. The zero-order chi connectivity index (χ0) is 50.5. The smallest absolute Gasteiger partial charge is 0.221 e. The van der Waals surface area contributed by atoms with E-state index in [1.165, 1.54) is 41.5 Å². The maximum absolute atomic E-state index is 13.4. The Balaban J connectivity index is 0.000000193. The zero-order valence-corrected chi connectivity index (χ0v) is 44.3. The van der Waals surface area contributed by atoms with Crippen molar-refractivity contribution in [1.82, 2.24) is 30.2 Å². The van der Waals surface area contributed by atoms with Crippen molar-refractivity contribution >= 4 is 11.8 Å². The van der Waals surface area contributed by atoms with Crippen molar-refractivity contribution in [1.29, 1.82) is 0 Å². The topological polar surface area (TPSA) is 112 Å². The van der Waals surface area contributed by atoms with Crippen molar-refractivity contribution in [2.45, 2.75) is 152 Å². The molecule has 2 saturated carbocycles. The van der Waals surface area contributed by atoms with Gasteiger partial charge in [0.25, 0.3) is 0 Å². The minimum atomic E-state index is -0.144. The number of carbonyl (C=O) groups excluding carboxylic acids is 2. The number of likely N-dealkylation sites (tertiary alicyclic amines) is 3. The molecule has 3 aliphatic heterocycles. The largest absolute Gasteiger partial charge is 0.508 e. The highest BCUT2D eigenvalue weighted by Gasteiger charge is 2.57. The van der Waals surface area contributed by atoms with Gasteiger partial charge in [-0.25, -0.2) is 0 Å². The first kappa shape index (κ1) is 53.5. The number of aryl methyl sites for hydroxylation is 2. The number of benzene rings is 4. The summed E-state index contributed by atoms with van der Waals surface area (Å²) >= 11 is 0. The molecule has 4 aromatic rings. The number of amides is 2. The Kier molecular flexibility index (Phi) is 18.9. The van der Waals surface area contributed by atoms with Gasteiger partial charge < -0.3 is 30.6 Å². The molecule has 8 atom stereocenters. The lowest BCUT2D eigenvalue weighted by Crippen LogP contribution is -2.70. The van der Waals surface area contributed by atoms with Crippen molar-refractivity contribution in [3.63, 3.8) is 0 Å². The summed E-state index contributed by atoms with van der Waals surface area (Å²) < 4.78 is 0. The van der Waals surface area contributed by atoms with Crippen molar-refractivity contribution in [3.05, 3.63) is 131 Å². The normalized spacial score (nSPS) is 27.6. The molecule has 10 nitrogen and oxygen atoms in total. The maximum atomic E-state index is 13.4. The van der Waals surface area contributed by atoms with Crippen molar-refractivity contribution < 1.29 is 19.8 Å². The van der Waals surface area contributed by atoms with Crippen LogP contribution >= 0.6 is 0 Å². The second-order valence-corrected chi connectivity index (χ2v) is 22.7. The van der Waals surface area contributed by atoms with Crippen molar-refractivity contribution in [2.24, 2.45) is 11.8 Å². The van der Waals surface area contributed by atoms with E-state index < -0.39 is 0 Å². The Bertz CT molecular complexity index is 2310. The number of nitrogens with zero attached hydrogens (tertiary/aromatic N) is 4. The van der Waals surface area contributed by atoms with Crippen LogP contribution in [0, 0.1) is 11.8 Å². The number of hydrogen-bond donors (Lipinski definition) is 4. The Labute approximate surface area is 432 Å². The van der Waals surface area contributed by atoms with Gasteiger partial charge in [-0.15, -0.1) is 0 Å². The van der Waals surface area contributed by atoms with Gasteiger partial charge in [0, 0.05) is 55.4 Å². The molecule has 6 unspecified atom stereocenters. The molecule has 4 aromatic carbocycles. The third kappa shape index (κ3) is 12.9. The quantitative estimate of drug-likeness (QED) is 0.0736. The third-order valence-corrected chi connectivity index (χ3v) is 17.8. The van der Waals surface area contributed by atoms with Gasteiger partial charge in [0.2, 0.25) is 11.8 Å². The first-order chi connectivity index (χ1) is 35.0. The highest BCUT2D eigenvalue weighted by molar-refractivity contribution is 5.77. The van der Waals surface area contributed by atoms with Gasteiger partial charge in [-0.05, 0) is 176 Å². The van der Waals surface area contributed by atoms with E-state index >= 15 is 0 Å². The van der Waals surface area contributed by atoms with Crippen LogP contribution in [0.15, 0.2) is 109 Å². The summed E-state index contributed by atoms with van der Waals surface area (Å²) in [5.41, 5.74) is 4.87. The van der Waals surface area contributed by atoms with Crippen LogP contribution in [-0.4, -0.2) is 132 Å². The molecular weight excluding hydrogens is 893 g/mol. The number of rotatable bonds is 19. The fourth-order valence-corrected chi connectivity index (χ4v) is 14.3. The van der Waals surface area contributed by atoms with Gasteiger partial charge >= 0.3 is 0 Å². The lowest BCUT2D eigenvalue weighted by atomic mass is 9.55. The molecule has 3 saturated heterocycles. The number of phenolic OH excluding ortho intramolecular Hbond substituents is 2. The fraction of sp³-hybridized carbons (Fsp3) is 0.581. The number of hydrogen-bond acceptors (Lipinski definition) is 8. The standard InChI is InChI=1S/C32H45N3O2.C30H43N3O2/c1-25-24-35(21-10-13-26-11-4-2-5-12-26)29-16-9-18-32(25,27-14-8-15-28(36)23-27)31(29)33-30(37)17-22-34-19-6-3-7-20-34;1-23-22-33(20-9-13-24-11-5-4-6-12-24)27-16-8-18-30(23,25-14-7-15-26(34)21-25)29(27)31-28(35)17-10-19-32(2)3/h2,4-5,8,11-12,14-15,23,25,29,31,36H,3,6-7,9-10,13,16-22,24H2,1H3,(H,33,37);4-7,11-12,14-15,21,23,27,29,34H,8-10,13,16-20,22H2,1-3H3,(H,31,35)/t25?,29?,31-,32?;23?,27?,29-,30?/m00/s1. The maximum Gasteiger partial charge on any atom is 0.221 e. The molecule has 72 heavy (non-hydrogen) atoms. The number of carbonyl (C=O) groups is 2. The Hall–Kier alpha value is -4.74. The molecule has 2 aliphatic carbocycles. The van der Waals surface area contributed by atoms with E-state index in [0.29, 0.717) is 48.3 Å². The Morgan fingerprint density at radius 2 is 1.06 bits per heavy atom. The van der Waals surface area contributed by atoms with E-state index in [0.717, 1.165) is 123 Å². The van der Waals surface area contributed by atoms with Crippen LogP contribution in [0.2, 0.25) is 0 Å². The second kappa shape index (κ2) is 25.5. The second-order valence-electron chi connectivity index (χ2n) is 22.7.